The normalized spacial score (nSPS) is 16.6. The standard InChI is InChI=1S/C18H37Cl/c1-15(2)9-6-10-16(3)11-7-12-17(4)13-8-14-18(5)19/h15-18H,6-14H2,1-5H3. The van der Waals surface area contributed by atoms with E-state index < -0.39 is 0 Å². The van der Waals surface area contributed by atoms with Gasteiger partial charge in [0.25, 0.3) is 0 Å². The third-order valence-corrected chi connectivity index (χ3v) is 4.39. The lowest BCUT2D eigenvalue weighted by atomic mass is 9.92. The molecule has 3 atom stereocenters. The topological polar surface area (TPSA) is 0 Å². The van der Waals surface area contributed by atoms with Crippen LogP contribution in [0, 0.1) is 17.8 Å². The van der Waals surface area contributed by atoms with Crippen LogP contribution >= 0.6 is 11.6 Å². The van der Waals surface area contributed by atoms with Gasteiger partial charge in [0.1, 0.15) is 0 Å². The molecule has 0 bridgehead atoms. The molecule has 0 nitrogen and oxygen atoms in total. The van der Waals surface area contributed by atoms with Gasteiger partial charge in [0.2, 0.25) is 0 Å². The third-order valence-electron chi connectivity index (χ3n) is 4.17. The van der Waals surface area contributed by atoms with Gasteiger partial charge in [-0.2, -0.15) is 0 Å². The molecular formula is C18H37Cl. The molecule has 0 aliphatic carbocycles. The largest absolute Gasteiger partial charge is 0.123 e. The Morgan fingerprint density at radius 1 is 0.579 bits per heavy atom. The van der Waals surface area contributed by atoms with Crippen LogP contribution in [0.4, 0.5) is 0 Å². The molecule has 0 saturated heterocycles. The molecule has 0 spiro atoms. The highest BCUT2D eigenvalue weighted by Crippen LogP contribution is 2.21. The van der Waals surface area contributed by atoms with E-state index in [2.05, 4.69) is 34.6 Å². The molecule has 0 fully saturated rings. The third kappa shape index (κ3) is 14.5. The fraction of sp³-hybridized carbons (Fsp3) is 1.00. The fourth-order valence-corrected chi connectivity index (χ4v) is 2.88. The van der Waals surface area contributed by atoms with E-state index >= 15 is 0 Å². The van der Waals surface area contributed by atoms with Crippen LogP contribution in [-0.2, 0) is 0 Å². The highest BCUT2D eigenvalue weighted by molar-refractivity contribution is 6.20. The van der Waals surface area contributed by atoms with E-state index in [0.717, 1.165) is 17.8 Å². The first kappa shape index (κ1) is 19.3. The monoisotopic (exact) mass is 288 g/mol. The van der Waals surface area contributed by atoms with Gasteiger partial charge in [-0.15, -0.1) is 11.6 Å². The Morgan fingerprint density at radius 3 is 1.32 bits per heavy atom. The summed E-state index contributed by atoms with van der Waals surface area (Å²) in [7, 11) is 0. The molecule has 19 heavy (non-hydrogen) atoms. The van der Waals surface area contributed by atoms with Crippen LogP contribution in [0.3, 0.4) is 0 Å². The van der Waals surface area contributed by atoms with E-state index in [-0.39, 0.29) is 0 Å². The van der Waals surface area contributed by atoms with Crippen LogP contribution in [0.1, 0.15) is 92.4 Å². The second-order valence-electron chi connectivity index (χ2n) is 7.18. The minimum atomic E-state index is 0.355. The van der Waals surface area contributed by atoms with Crippen molar-refractivity contribution in [2.45, 2.75) is 97.8 Å². The number of halogens is 1. The minimum Gasteiger partial charge on any atom is -0.123 e. The lowest BCUT2D eigenvalue weighted by Crippen LogP contribution is -2.01. The van der Waals surface area contributed by atoms with Crippen molar-refractivity contribution in [3.05, 3.63) is 0 Å². The van der Waals surface area contributed by atoms with Gasteiger partial charge in [-0.3, -0.25) is 0 Å². The van der Waals surface area contributed by atoms with Gasteiger partial charge < -0.3 is 0 Å². The van der Waals surface area contributed by atoms with Gasteiger partial charge in [0.05, 0.1) is 0 Å². The summed E-state index contributed by atoms with van der Waals surface area (Å²) >= 11 is 5.98. The van der Waals surface area contributed by atoms with Gasteiger partial charge >= 0.3 is 0 Å². The molecule has 0 N–H and O–H groups in total. The zero-order valence-electron chi connectivity index (χ0n) is 14.1. The van der Waals surface area contributed by atoms with E-state index in [1.54, 1.807) is 0 Å². The Kier molecular flexibility index (Phi) is 12.2. The first-order valence-electron chi connectivity index (χ1n) is 8.55. The van der Waals surface area contributed by atoms with E-state index in [1.165, 1.54) is 57.8 Å². The van der Waals surface area contributed by atoms with E-state index in [4.69, 9.17) is 11.6 Å². The van der Waals surface area contributed by atoms with Crippen molar-refractivity contribution in [2.24, 2.45) is 17.8 Å². The Balaban J connectivity index is 3.40. The second-order valence-corrected chi connectivity index (χ2v) is 7.92. The van der Waals surface area contributed by atoms with Crippen molar-refractivity contribution in [1.29, 1.82) is 0 Å². The molecule has 1 heteroatoms. The van der Waals surface area contributed by atoms with Crippen molar-refractivity contribution in [3.8, 4) is 0 Å². The summed E-state index contributed by atoms with van der Waals surface area (Å²) in [5, 5.41) is 0.355. The number of hydrogen-bond donors (Lipinski definition) is 0. The van der Waals surface area contributed by atoms with E-state index in [0.29, 0.717) is 5.38 Å². The summed E-state index contributed by atoms with van der Waals surface area (Å²) in [6, 6.07) is 0. The lowest BCUT2D eigenvalue weighted by Gasteiger charge is -2.15. The van der Waals surface area contributed by atoms with Crippen LogP contribution in [-0.4, -0.2) is 5.38 Å². The minimum absolute atomic E-state index is 0.355. The van der Waals surface area contributed by atoms with Crippen molar-refractivity contribution in [2.75, 3.05) is 0 Å². The zero-order chi connectivity index (χ0) is 14.7. The van der Waals surface area contributed by atoms with Gasteiger partial charge in [0.15, 0.2) is 0 Å². The van der Waals surface area contributed by atoms with Gasteiger partial charge in [-0.1, -0.05) is 79.1 Å². The Labute approximate surface area is 127 Å². The first-order chi connectivity index (χ1) is 8.91. The second kappa shape index (κ2) is 12.1. The molecule has 0 radical (unpaired) electrons. The molecule has 116 valence electrons. The average molecular weight is 289 g/mol. The van der Waals surface area contributed by atoms with Crippen LogP contribution in [0.5, 0.6) is 0 Å². The maximum Gasteiger partial charge on any atom is 0.0307 e. The molecule has 0 aromatic heterocycles. The maximum atomic E-state index is 5.98. The molecule has 0 saturated carbocycles. The summed E-state index contributed by atoms with van der Waals surface area (Å²) < 4.78 is 0. The molecule has 0 aromatic carbocycles. The van der Waals surface area contributed by atoms with Crippen LogP contribution < -0.4 is 0 Å². The predicted octanol–water partition coefficient (Wildman–Crippen LogP) is 7.05. The van der Waals surface area contributed by atoms with Gasteiger partial charge in [-0.25, -0.2) is 0 Å². The fourth-order valence-electron chi connectivity index (χ4n) is 2.73. The van der Waals surface area contributed by atoms with E-state index in [9.17, 15) is 0 Å². The molecular weight excluding hydrogens is 252 g/mol. The maximum absolute atomic E-state index is 5.98. The predicted molar refractivity (Wildman–Crippen MR) is 90.0 cm³/mol. The molecule has 0 heterocycles. The smallest absolute Gasteiger partial charge is 0.0307 e. The molecule has 0 amide bonds. The summed E-state index contributed by atoms with van der Waals surface area (Å²) in [6.07, 6.45) is 12.3. The Hall–Kier alpha value is 0.290. The van der Waals surface area contributed by atoms with Crippen molar-refractivity contribution >= 4 is 11.6 Å². The first-order valence-corrected chi connectivity index (χ1v) is 8.99. The number of hydrogen-bond acceptors (Lipinski definition) is 0. The quantitative estimate of drug-likeness (QED) is 0.337. The van der Waals surface area contributed by atoms with Crippen LogP contribution in [0.15, 0.2) is 0 Å². The van der Waals surface area contributed by atoms with Gasteiger partial charge in [0, 0.05) is 5.38 Å². The molecule has 0 aliphatic heterocycles. The van der Waals surface area contributed by atoms with Crippen molar-refractivity contribution in [3.63, 3.8) is 0 Å². The van der Waals surface area contributed by atoms with Crippen molar-refractivity contribution in [1.82, 2.24) is 0 Å². The lowest BCUT2D eigenvalue weighted by molar-refractivity contribution is 0.387. The molecule has 0 aromatic rings. The summed E-state index contributed by atoms with van der Waals surface area (Å²) in [6.45, 7) is 11.6. The highest BCUT2D eigenvalue weighted by atomic mass is 35.5. The summed E-state index contributed by atoms with van der Waals surface area (Å²) in [5.74, 6) is 2.68. The molecule has 0 rings (SSSR count). The van der Waals surface area contributed by atoms with E-state index in [1.807, 2.05) is 0 Å². The SMILES string of the molecule is CC(C)CCCC(C)CCCC(C)CCCC(C)Cl. The molecule has 0 aliphatic rings. The summed E-state index contributed by atoms with van der Waals surface area (Å²) in [4.78, 5) is 0. The average Bonchev–Trinajstić information content (AvgIpc) is 2.27. The van der Waals surface area contributed by atoms with Crippen LogP contribution in [0.2, 0.25) is 0 Å². The Morgan fingerprint density at radius 2 is 0.947 bits per heavy atom. The summed E-state index contributed by atoms with van der Waals surface area (Å²) in [5.41, 5.74) is 0. The highest BCUT2D eigenvalue weighted by Gasteiger charge is 2.07. The number of rotatable bonds is 12. The van der Waals surface area contributed by atoms with Gasteiger partial charge in [-0.05, 0) is 31.1 Å². The number of alkyl halides is 1. The van der Waals surface area contributed by atoms with Crippen LogP contribution in [0.25, 0.3) is 0 Å². The molecule has 3 unspecified atom stereocenters. The van der Waals surface area contributed by atoms with Crippen molar-refractivity contribution < 1.29 is 0 Å². The zero-order valence-corrected chi connectivity index (χ0v) is 14.8. The Bertz CT molecular complexity index is 166.